The summed E-state index contributed by atoms with van der Waals surface area (Å²) in [7, 11) is 1.66. The van der Waals surface area contributed by atoms with E-state index in [-0.39, 0.29) is 30.3 Å². The smallest absolute Gasteiger partial charge is 0.222 e. The second kappa shape index (κ2) is 10.8. The van der Waals surface area contributed by atoms with Crippen molar-refractivity contribution >= 4 is 11.8 Å². The van der Waals surface area contributed by atoms with Crippen molar-refractivity contribution in [3.8, 4) is 5.75 Å². The molecular weight excluding hydrogens is 378 g/mol. The number of quaternary nitrogens is 1. The lowest BCUT2D eigenvalue weighted by molar-refractivity contribution is -0.918. The zero-order valence-electron chi connectivity index (χ0n) is 17.8. The van der Waals surface area contributed by atoms with Crippen molar-refractivity contribution in [1.29, 1.82) is 0 Å². The van der Waals surface area contributed by atoms with E-state index in [1.54, 1.807) is 7.11 Å². The van der Waals surface area contributed by atoms with Gasteiger partial charge in [-0.3, -0.25) is 9.59 Å². The summed E-state index contributed by atoms with van der Waals surface area (Å²) in [6.45, 7) is 4.28. The zero-order chi connectivity index (χ0) is 21.3. The van der Waals surface area contributed by atoms with Crippen LogP contribution in [0.4, 0.5) is 0 Å². The molecule has 6 nitrogen and oxygen atoms in total. The predicted molar refractivity (Wildman–Crippen MR) is 116 cm³/mol. The van der Waals surface area contributed by atoms with Crippen LogP contribution in [0.25, 0.3) is 0 Å². The van der Waals surface area contributed by atoms with Gasteiger partial charge in [-0.1, -0.05) is 30.3 Å². The number of benzene rings is 2. The molecule has 0 radical (unpaired) electrons. The molecule has 0 bridgehead atoms. The highest BCUT2D eigenvalue weighted by Gasteiger charge is 2.28. The highest BCUT2D eigenvalue weighted by molar-refractivity contribution is 5.79. The molecule has 0 spiro atoms. The molecular formula is C24H32N3O3+. The Balaban J connectivity index is 1.66. The Hall–Kier alpha value is -2.86. The van der Waals surface area contributed by atoms with Gasteiger partial charge in [-0.05, 0) is 29.8 Å². The second-order valence-electron chi connectivity index (χ2n) is 7.86. The summed E-state index contributed by atoms with van der Waals surface area (Å²) in [6.07, 6.45) is 2.65. The molecule has 3 N–H and O–H groups in total. The van der Waals surface area contributed by atoms with Crippen LogP contribution in [0.1, 0.15) is 49.4 Å². The van der Waals surface area contributed by atoms with Gasteiger partial charge in [0.25, 0.3) is 0 Å². The average molecular weight is 411 g/mol. The van der Waals surface area contributed by atoms with Crippen LogP contribution in [0.5, 0.6) is 5.75 Å². The topological polar surface area (TPSA) is 71.9 Å². The van der Waals surface area contributed by atoms with Crippen molar-refractivity contribution in [3.63, 3.8) is 0 Å². The molecule has 0 aromatic heterocycles. The molecule has 1 heterocycles. The molecule has 2 atom stereocenters. The van der Waals surface area contributed by atoms with Gasteiger partial charge in [0, 0.05) is 25.3 Å². The first-order valence-corrected chi connectivity index (χ1v) is 10.6. The molecule has 160 valence electrons. The molecule has 0 unspecified atom stereocenters. The number of hydrogen-bond acceptors (Lipinski definition) is 3. The van der Waals surface area contributed by atoms with Crippen LogP contribution in [0, 0.1) is 0 Å². The van der Waals surface area contributed by atoms with Crippen LogP contribution in [-0.2, 0) is 9.59 Å². The molecule has 0 saturated carbocycles. The first-order valence-electron chi connectivity index (χ1n) is 10.6. The minimum atomic E-state index is -0.331. The maximum absolute atomic E-state index is 12.8. The van der Waals surface area contributed by atoms with Gasteiger partial charge in [0.05, 0.1) is 39.2 Å². The molecule has 30 heavy (non-hydrogen) atoms. The van der Waals surface area contributed by atoms with E-state index in [0.29, 0.717) is 6.54 Å². The minimum Gasteiger partial charge on any atom is -0.497 e. The molecule has 6 heteroatoms. The molecule has 2 aromatic carbocycles. The van der Waals surface area contributed by atoms with Crippen LogP contribution in [-0.4, -0.2) is 38.6 Å². The average Bonchev–Trinajstić information content (AvgIpc) is 3.29. The van der Waals surface area contributed by atoms with E-state index >= 15 is 0 Å². The Labute approximate surface area is 178 Å². The van der Waals surface area contributed by atoms with Gasteiger partial charge in [-0.2, -0.15) is 0 Å². The van der Waals surface area contributed by atoms with E-state index in [1.165, 1.54) is 30.2 Å². The van der Waals surface area contributed by atoms with Gasteiger partial charge < -0.3 is 20.3 Å². The first-order chi connectivity index (χ1) is 14.6. The monoisotopic (exact) mass is 410 g/mol. The SMILES string of the molecule is COc1ccc([C@H](CNC(=O)C[C@@H](NC(C)=O)c2ccccc2)[NH+]2CCCC2)cc1. The summed E-state index contributed by atoms with van der Waals surface area (Å²) >= 11 is 0. The summed E-state index contributed by atoms with van der Waals surface area (Å²) < 4.78 is 5.28. The van der Waals surface area contributed by atoms with Crippen molar-refractivity contribution in [1.82, 2.24) is 10.6 Å². The molecule has 3 rings (SSSR count). The quantitative estimate of drug-likeness (QED) is 0.590. The van der Waals surface area contributed by atoms with Crippen molar-refractivity contribution in [2.75, 3.05) is 26.7 Å². The standard InChI is InChI=1S/C24H31N3O3/c1-18(28)26-22(19-8-4-3-5-9-19)16-24(29)25-17-23(27-14-6-7-15-27)20-10-12-21(30-2)13-11-20/h3-5,8-13,22-23H,6-7,14-17H2,1-2H3,(H,25,29)(H,26,28)/p+1/t22-,23+/m1/s1. The predicted octanol–water partition coefficient (Wildman–Crippen LogP) is 1.80. The first kappa shape index (κ1) is 21.8. The minimum absolute atomic E-state index is 0.0605. The Morgan fingerprint density at radius 3 is 2.27 bits per heavy atom. The number of hydrogen-bond donors (Lipinski definition) is 3. The van der Waals surface area contributed by atoms with Crippen molar-refractivity contribution < 1.29 is 19.2 Å². The normalized spacial score (nSPS) is 15.9. The summed E-state index contributed by atoms with van der Waals surface area (Å²) in [5.41, 5.74) is 2.13. The highest BCUT2D eigenvalue weighted by Crippen LogP contribution is 2.18. The maximum atomic E-state index is 12.8. The Bertz CT molecular complexity index is 817. The molecule has 2 amide bonds. The van der Waals surface area contributed by atoms with Gasteiger partial charge in [0.1, 0.15) is 11.8 Å². The van der Waals surface area contributed by atoms with E-state index in [1.807, 2.05) is 42.5 Å². The van der Waals surface area contributed by atoms with Crippen LogP contribution < -0.4 is 20.3 Å². The van der Waals surface area contributed by atoms with Crippen molar-refractivity contribution in [3.05, 3.63) is 65.7 Å². The van der Waals surface area contributed by atoms with Crippen molar-refractivity contribution in [2.45, 2.75) is 38.3 Å². The summed E-state index contributed by atoms with van der Waals surface area (Å²) in [6, 6.07) is 17.6. The van der Waals surface area contributed by atoms with Gasteiger partial charge in [0.2, 0.25) is 11.8 Å². The van der Waals surface area contributed by atoms with Gasteiger partial charge in [-0.15, -0.1) is 0 Å². The third-order valence-corrected chi connectivity index (χ3v) is 5.73. The lowest BCUT2D eigenvalue weighted by atomic mass is 10.0. The second-order valence-corrected chi connectivity index (χ2v) is 7.86. The fourth-order valence-electron chi connectivity index (χ4n) is 4.17. The van der Waals surface area contributed by atoms with E-state index in [9.17, 15) is 9.59 Å². The Kier molecular flexibility index (Phi) is 7.85. The zero-order valence-corrected chi connectivity index (χ0v) is 17.8. The van der Waals surface area contributed by atoms with Crippen LogP contribution in [0.2, 0.25) is 0 Å². The number of carbonyl (C=O) groups excluding carboxylic acids is 2. The van der Waals surface area contributed by atoms with Gasteiger partial charge in [0.15, 0.2) is 0 Å². The van der Waals surface area contributed by atoms with Crippen molar-refractivity contribution in [2.24, 2.45) is 0 Å². The molecule has 1 fully saturated rings. The van der Waals surface area contributed by atoms with E-state index in [2.05, 4.69) is 22.8 Å². The number of methoxy groups -OCH3 is 1. The maximum Gasteiger partial charge on any atom is 0.222 e. The van der Waals surface area contributed by atoms with Gasteiger partial charge in [-0.25, -0.2) is 0 Å². The lowest BCUT2D eigenvalue weighted by Crippen LogP contribution is -3.11. The van der Waals surface area contributed by atoms with Crippen LogP contribution >= 0.6 is 0 Å². The summed E-state index contributed by atoms with van der Waals surface area (Å²) in [4.78, 5) is 25.9. The third-order valence-electron chi connectivity index (χ3n) is 5.73. The Morgan fingerprint density at radius 2 is 1.67 bits per heavy atom. The molecule has 1 aliphatic rings. The number of rotatable bonds is 9. The largest absolute Gasteiger partial charge is 0.497 e. The summed E-state index contributed by atoms with van der Waals surface area (Å²) in [5.74, 6) is 0.628. The molecule has 1 aliphatic heterocycles. The van der Waals surface area contributed by atoms with Gasteiger partial charge >= 0.3 is 0 Å². The van der Waals surface area contributed by atoms with Crippen LogP contribution in [0.15, 0.2) is 54.6 Å². The number of ether oxygens (including phenoxy) is 1. The number of amides is 2. The molecule has 1 saturated heterocycles. The molecule has 2 aromatic rings. The third kappa shape index (κ3) is 6.07. The van der Waals surface area contributed by atoms with E-state index in [4.69, 9.17) is 4.74 Å². The number of likely N-dealkylation sites (tertiary alicyclic amines) is 1. The highest BCUT2D eigenvalue weighted by atomic mass is 16.5. The molecule has 0 aliphatic carbocycles. The lowest BCUT2D eigenvalue weighted by Gasteiger charge is -2.26. The number of nitrogens with one attached hydrogen (secondary N) is 3. The fraction of sp³-hybridized carbons (Fsp3) is 0.417. The van der Waals surface area contributed by atoms with E-state index < -0.39 is 0 Å². The van der Waals surface area contributed by atoms with E-state index in [0.717, 1.165) is 24.4 Å². The summed E-state index contributed by atoms with van der Waals surface area (Å²) in [5, 5.41) is 6.01. The Morgan fingerprint density at radius 1 is 1.00 bits per heavy atom. The fourth-order valence-corrected chi connectivity index (χ4v) is 4.17. The number of carbonyl (C=O) groups is 2. The van der Waals surface area contributed by atoms with Crippen LogP contribution in [0.3, 0.4) is 0 Å².